The molecule has 0 unspecified atom stereocenters. The predicted octanol–water partition coefficient (Wildman–Crippen LogP) is 4.35. The normalized spacial score (nSPS) is 16.2. The lowest BCUT2D eigenvalue weighted by Crippen LogP contribution is -2.42. The highest BCUT2D eigenvalue weighted by molar-refractivity contribution is 5.90. The molecule has 0 spiro atoms. The fourth-order valence-electron chi connectivity index (χ4n) is 3.47. The molecule has 1 saturated heterocycles. The molecule has 5 nitrogen and oxygen atoms in total. The van der Waals surface area contributed by atoms with Gasteiger partial charge in [-0.1, -0.05) is 26.0 Å². The van der Waals surface area contributed by atoms with Gasteiger partial charge in [0.25, 0.3) is 0 Å². The summed E-state index contributed by atoms with van der Waals surface area (Å²) in [6, 6.07) is 9.81. The van der Waals surface area contributed by atoms with Crippen molar-refractivity contribution in [3.05, 3.63) is 54.1 Å². The summed E-state index contributed by atoms with van der Waals surface area (Å²) in [7, 11) is 1.72. The number of rotatable bonds is 4. The number of carbonyl (C=O) groups excluding carboxylic acids is 2. The van der Waals surface area contributed by atoms with Crippen molar-refractivity contribution in [2.75, 3.05) is 25.5 Å². The van der Waals surface area contributed by atoms with Crippen LogP contribution in [0.5, 0.6) is 0 Å². The number of likely N-dealkylation sites (N-methyl/N-ethyl adjacent to an activating group) is 1. The third-order valence-electron chi connectivity index (χ3n) is 5.17. The Hall–Kier alpha value is -2.96. The lowest BCUT2D eigenvalue weighted by atomic mass is 10.1. The minimum absolute atomic E-state index is 0.0350. The number of nitrogens with one attached hydrogen (secondary N) is 1. The fourth-order valence-corrected chi connectivity index (χ4v) is 3.47. The number of likely N-dealkylation sites (tertiary alicyclic amines) is 1. The molecule has 1 N–H and O–H groups in total. The van der Waals surface area contributed by atoms with E-state index in [0.29, 0.717) is 29.9 Å². The Balaban J connectivity index is 1.61. The van der Waals surface area contributed by atoms with E-state index in [0.717, 1.165) is 12.5 Å². The van der Waals surface area contributed by atoms with Gasteiger partial charge in [0.2, 0.25) is 5.91 Å². The van der Waals surface area contributed by atoms with Gasteiger partial charge in [-0.3, -0.25) is 4.79 Å². The lowest BCUT2D eigenvalue weighted by molar-refractivity contribution is -0.133. The number of hydrogen-bond donors (Lipinski definition) is 1. The SMILES string of the molecule is CC(C)C(=O)N1CC[C@H](N(C)C(=O)Nc2ccc(-c3cc(F)cc(F)c3)cc2)C1. The molecule has 3 amide bonds. The summed E-state index contributed by atoms with van der Waals surface area (Å²) in [5.74, 6) is -1.23. The summed E-state index contributed by atoms with van der Waals surface area (Å²) < 4.78 is 26.8. The number of hydrogen-bond acceptors (Lipinski definition) is 2. The number of nitrogens with zero attached hydrogens (tertiary/aromatic N) is 2. The van der Waals surface area contributed by atoms with Crippen LogP contribution in [0.1, 0.15) is 20.3 Å². The van der Waals surface area contributed by atoms with E-state index >= 15 is 0 Å². The Bertz CT molecular complexity index is 879. The van der Waals surface area contributed by atoms with Crippen molar-refractivity contribution in [2.24, 2.45) is 5.92 Å². The average Bonchev–Trinajstić information content (AvgIpc) is 3.16. The Kier molecular flexibility index (Phi) is 6.15. The first-order valence-corrected chi connectivity index (χ1v) is 9.63. The van der Waals surface area contributed by atoms with Gasteiger partial charge in [0, 0.05) is 37.8 Å². The van der Waals surface area contributed by atoms with E-state index < -0.39 is 11.6 Å². The van der Waals surface area contributed by atoms with Crippen LogP contribution in [0.2, 0.25) is 0 Å². The molecule has 0 aromatic heterocycles. The summed E-state index contributed by atoms with van der Waals surface area (Å²) in [4.78, 5) is 28.1. The second-order valence-electron chi connectivity index (χ2n) is 7.66. The maximum absolute atomic E-state index is 13.4. The van der Waals surface area contributed by atoms with Crippen LogP contribution in [-0.2, 0) is 4.79 Å². The first-order chi connectivity index (χ1) is 13.7. The largest absolute Gasteiger partial charge is 0.340 e. The maximum Gasteiger partial charge on any atom is 0.321 e. The molecule has 1 atom stereocenters. The monoisotopic (exact) mass is 401 g/mol. The van der Waals surface area contributed by atoms with Crippen molar-refractivity contribution < 1.29 is 18.4 Å². The summed E-state index contributed by atoms with van der Waals surface area (Å²) in [6.07, 6.45) is 0.743. The molecule has 1 heterocycles. The van der Waals surface area contributed by atoms with Crippen molar-refractivity contribution in [3.63, 3.8) is 0 Å². The van der Waals surface area contributed by atoms with Crippen LogP contribution in [-0.4, -0.2) is 47.9 Å². The maximum atomic E-state index is 13.4. The van der Waals surface area contributed by atoms with E-state index in [1.165, 1.54) is 12.1 Å². The molecule has 2 aromatic carbocycles. The van der Waals surface area contributed by atoms with Gasteiger partial charge in [-0.05, 0) is 41.8 Å². The van der Waals surface area contributed by atoms with Crippen LogP contribution in [0.25, 0.3) is 11.1 Å². The summed E-state index contributed by atoms with van der Waals surface area (Å²) >= 11 is 0. The van der Waals surface area contributed by atoms with Crippen LogP contribution in [0.15, 0.2) is 42.5 Å². The van der Waals surface area contributed by atoms with E-state index in [2.05, 4.69) is 5.32 Å². The van der Waals surface area contributed by atoms with Gasteiger partial charge in [-0.2, -0.15) is 0 Å². The molecule has 0 bridgehead atoms. The third kappa shape index (κ3) is 4.91. The minimum atomic E-state index is -0.638. The topological polar surface area (TPSA) is 52.7 Å². The van der Waals surface area contributed by atoms with Gasteiger partial charge in [-0.25, -0.2) is 13.6 Å². The number of anilines is 1. The number of carbonyl (C=O) groups is 2. The van der Waals surface area contributed by atoms with Crippen molar-refractivity contribution in [3.8, 4) is 11.1 Å². The Morgan fingerprint density at radius 3 is 2.28 bits per heavy atom. The Morgan fingerprint density at radius 2 is 1.69 bits per heavy atom. The van der Waals surface area contributed by atoms with E-state index in [9.17, 15) is 18.4 Å². The number of halogens is 2. The molecule has 1 fully saturated rings. The molecule has 0 saturated carbocycles. The van der Waals surface area contributed by atoms with Crippen molar-refractivity contribution in [2.45, 2.75) is 26.3 Å². The van der Waals surface area contributed by atoms with Gasteiger partial charge >= 0.3 is 6.03 Å². The highest BCUT2D eigenvalue weighted by Gasteiger charge is 2.31. The Labute approximate surface area is 169 Å². The zero-order valence-corrected chi connectivity index (χ0v) is 16.8. The molecule has 7 heteroatoms. The molecule has 1 aliphatic heterocycles. The molecular weight excluding hydrogens is 376 g/mol. The first kappa shape index (κ1) is 20.8. The molecule has 1 aliphatic rings. The summed E-state index contributed by atoms with van der Waals surface area (Å²) in [5, 5.41) is 2.82. The minimum Gasteiger partial charge on any atom is -0.340 e. The number of urea groups is 1. The molecule has 3 rings (SSSR count). The van der Waals surface area contributed by atoms with Crippen molar-refractivity contribution >= 4 is 17.6 Å². The van der Waals surface area contributed by atoms with Crippen molar-refractivity contribution in [1.29, 1.82) is 0 Å². The second-order valence-corrected chi connectivity index (χ2v) is 7.66. The van der Waals surface area contributed by atoms with E-state index in [4.69, 9.17) is 0 Å². The van der Waals surface area contributed by atoms with Gasteiger partial charge in [-0.15, -0.1) is 0 Å². The van der Waals surface area contributed by atoms with Gasteiger partial charge < -0.3 is 15.1 Å². The zero-order chi connectivity index (χ0) is 21.1. The quantitative estimate of drug-likeness (QED) is 0.828. The van der Waals surface area contributed by atoms with E-state index in [1.54, 1.807) is 41.1 Å². The smallest absolute Gasteiger partial charge is 0.321 e. The second kappa shape index (κ2) is 8.59. The highest BCUT2D eigenvalue weighted by atomic mass is 19.1. The first-order valence-electron chi connectivity index (χ1n) is 9.63. The van der Waals surface area contributed by atoms with Crippen LogP contribution in [0.3, 0.4) is 0 Å². The van der Waals surface area contributed by atoms with Crippen LogP contribution >= 0.6 is 0 Å². The van der Waals surface area contributed by atoms with Crippen LogP contribution in [0, 0.1) is 17.6 Å². The number of benzene rings is 2. The average molecular weight is 401 g/mol. The summed E-state index contributed by atoms with van der Waals surface area (Å²) in [5.41, 5.74) is 1.65. The molecule has 0 aliphatic carbocycles. The molecular formula is C22H25F2N3O2. The standard InChI is InChI=1S/C22H25F2N3O2/c1-14(2)21(28)27-9-8-20(13-27)26(3)22(29)25-19-6-4-15(5-7-19)16-10-17(23)12-18(24)11-16/h4-7,10-12,14,20H,8-9,13H2,1-3H3,(H,25,29)/t20-/m0/s1. The lowest BCUT2D eigenvalue weighted by Gasteiger charge is -2.25. The van der Waals surface area contributed by atoms with Gasteiger partial charge in [0.15, 0.2) is 0 Å². The number of amides is 3. The predicted molar refractivity (Wildman–Crippen MR) is 108 cm³/mol. The van der Waals surface area contributed by atoms with Crippen LogP contribution < -0.4 is 5.32 Å². The summed E-state index contributed by atoms with van der Waals surface area (Å²) in [6.45, 7) is 4.92. The van der Waals surface area contributed by atoms with Gasteiger partial charge in [0.1, 0.15) is 11.6 Å². The van der Waals surface area contributed by atoms with Crippen molar-refractivity contribution in [1.82, 2.24) is 9.80 Å². The third-order valence-corrected chi connectivity index (χ3v) is 5.17. The molecule has 2 aromatic rings. The van der Waals surface area contributed by atoms with Crippen LogP contribution in [0.4, 0.5) is 19.3 Å². The highest BCUT2D eigenvalue weighted by Crippen LogP contribution is 2.24. The zero-order valence-electron chi connectivity index (χ0n) is 16.8. The molecule has 0 radical (unpaired) electrons. The Morgan fingerprint density at radius 1 is 1.07 bits per heavy atom. The van der Waals surface area contributed by atoms with Gasteiger partial charge in [0.05, 0.1) is 6.04 Å². The van der Waals surface area contributed by atoms with E-state index in [-0.39, 0.29) is 23.9 Å². The van der Waals surface area contributed by atoms with E-state index in [1.807, 2.05) is 13.8 Å². The fraction of sp³-hybridized carbons (Fsp3) is 0.364. The molecule has 29 heavy (non-hydrogen) atoms. The molecule has 154 valence electrons.